The van der Waals surface area contributed by atoms with E-state index in [2.05, 4.69) is 11.4 Å². The Morgan fingerprint density at radius 2 is 1.93 bits per heavy atom. The van der Waals surface area contributed by atoms with Crippen molar-refractivity contribution in [2.75, 3.05) is 5.32 Å². The lowest BCUT2D eigenvalue weighted by molar-refractivity contribution is -0.137. The quantitative estimate of drug-likeness (QED) is 0.639. The predicted octanol–water partition coefficient (Wildman–Crippen LogP) is 5.57. The molecule has 144 valence electrons. The number of fused-ring (bicyclic) bond motifs is 1. The molecular formula is C21H18F3N3O. The molecule has 7 heteroatoms. The van der Waals surface area contributed by atoms with Gasteiger partial charge in [-0.3, -0.25) is 4.79 Å². The van der Waals surface area contributed by atoms with E-state index in [1.807, 2.05) is 6.92 Å². The highest BCUT2D eigenvalue weighted by Gasteiger charge is 2.31. The van der Waals surface area contributed by atoms with Gasteiger partial charge in [-0.1, -0.05) is 25.1 Å². The fourth-order valence-corrected chi connectivity index (χ4v) is 3.26. The Balaban J connectivity index is 2.25. The summed E-state index contributed by atoms with van der Waals surface area (Å²) in [5.74, 6) is -0.150. The van der Waals surface area contributed by atoms with Crippen LogP contribution in [0.5, 0.6) is 0 Å². The van der Waals surface area contributed by atoms with Crippen molar-refractivity contribution in [1.29, 1.82) is 5.26 Å². The molecule has 0 radical (unpaired) electrons. The van der Waals surface area contributed by atoms with E-state index in [4.69, 9.17) is 0 Å². The topological polar surface area (TPSA) is 57.8 Å². The summed E-state index contributed by atoms with van der Waals surface area (Å²) < 4.78 is 41.2. The maximum Gasteiger partial charge on any atom is 0.416 e. The lowest BCUT2D eigenvalue weighted by atomic mass is 10.0. The summed E-state index contributed by atoms with van der Waals surface area (Å²) >= 11 is 0. The standard InChI is InChI=1S/C21H18F3N3O/c1-3-19(28)26-15-7-5-6-13(10-15)20-17(12-25)16-9-8-14(21(22,23)24)11-18(16)27(20)4-2/h5-11H,3-4H2,1-2H3,(H,26,28). The van der Waals surface area contributed by atoms with Gasteiger partial charge in [0.05, 0.1) is 22.3 Å². The number of carbonyl (C=O) groups excluding carboxylic acids is 1. The van der Waals surface area contributed by atoms with Crippen LogP contribution in [0.25, 0.3) is 22.2 Å². The number of carbonyl (C=O) groups is 1. The van der Waals surface area contributed by atoms with E-state index in [-0.39, 0.29) is 5.91 Å². The molecule has 1 heterocycles. The summed E-state index contributed by atoms with van der Waals surface area (Å²) in [5.41, 5.74) is 1.66. The molecule has 28 heavy (non-hydrogen) atoms. The zero-order chi connectivity index (χ0) is 20.5. The van der Waals surface area contributed by atoms with Crippen molar-refractivity contribution in [3.8, 4) is 17.3 Å². The van der Waals surface area contributed by atoms with E-state index < -0.39 is 11.7 Å². The van der Waals surface area contributed by atoms with Crippen LogP contribution in [0.15, 0.2) is 42.5 Å². The van der Waals surface area contributed by atoms with Gasteiger partial charge in [0.15, 0.2) is 0 Å². The first-order chi connectivity index (χ1) is 13.3. The van der Waals surface area contributed by atoms with Crippen molar-refractivity contribution in [1.82, 2.24) is 4.57 Å². The van der Waals surface area contributed by atoms with E-state index in [1.54, 1.807) is 35.8 Å². The molecular weight excluding hydrogens is 367 g/mol. The van der Waals surface area contributed by atoms with Gasteiger partial charge >= 0.3 is 6.18 Å². The number of rotatable bonds is 4. The zero-order valence-corrected chi connectivity index (χ0v) is 15.4. The molecule has 0 saturated heterocycles. The lowest BCUT2D eigenvalue weighted by Gasteiger charge is -2.11. The van der Waals surface area contributed by atoms with Gasteiger partial charge in [0.25, 0.3) is 0 Å². The molecule has 0 aliphatic rings. The molecule has 0 spiro atoms. The number of halogens is 3. The number of nitriles is 1. The van der Waals surface area contributed by atoms with Crippen LogP contribution in [0, 0.1) is 11.3 Å². The normalized spacial score (nSPS) is 11.4. The number of aryl methyl sites for hydroxylation is 1. The maximum absolute atomic E-state index is 13.2. The van der Waals surface area contributed by atoms with Crippen LogP contribution in [0.1, 0.15) is 31.4 Å². The van der Waals surface area contributed by atoms with Crippen LogP contribution in [0.2, 0.25) is 0 Å². The van der Waals surface area contributed by atoms with E-state index in [1.165, 1.54) is 6.07 Å². The van der Waals surface area contributed by atoms with Crippen LogP contribution in [0.3, 0.4) is 0 Å². The third kappa shape index (κ3) is 3.46. The molecule has 0 aliphatic heterocycles. The van der Waals surface area contributed by atoms with Crippen molar-refractivity contribution in [2.24, 2.45) is 0 Å². The van der Waals surface area contributed by atoms with Gasteiger partial charge in [-0.2, -0.15) is 18.4 Å². The Morgan fingerprint density at radius 1 is 1.18 bits per heavy atom. The minimum absolute atomic E-state index is 0.150. The summed E-state index contributed by atoms with van der Waals surface area (Å²) in [6.45, 7) is 3.94. The minimum atomic E-state index is -4.46. The third-order valence-electron chi connectivity index (χ3n) is 4.56. The number of amides is 1. The Morgan fingerprint density at radius 3 is 2.54 bits per heavy atom. The largest absolute Gasteiger partial charge is 0.416 e. The number of nitrogens with zero attached hydrogens (tertiary/aromatic N) is 2. The second kappa shape index (κ2) is 7.39. The molecule has 0 aliphatic carbocycles. The molecule has 0 atom stereocenters. The summed E-state index contributed by atoms with van der Waals surface area (Å²) in [6, 6.07) is 12.5. The molecule has 0 bridgehead atoms. The molecule has 1 amide bonds. The molecule has 2 aromatic carbocycles. The SMILES string of the molecule is CCC(=O)Nc1cccc(-c2c(C#N)c3ccc(C(F)(F)F)cc3n2CC)c1. The number of nitrogens with one attached hydrogen (secondary N) is 1. The number of anilines is 1. The van der Waals surface area contributed by atoms with Gasteiger partial charge < -0.3 is 9.88 Å². The summed E-state index contributed by atoms with van der Waals surface area (Å²) in [6.07, 6.45) is -4.14. The summed E-state index contributed by atoms with van der Waals surface area (Å²) in [7, 11) is 0. The molecule has 4 nitrogen and oxygen atoms in total. The number of benzene rings is 2. The Hall–Kier alpha value is -3.27. The van der Waals surface area contributed by atoms with Crippen LogP contribution < -0.4 is 5.32 Å². The first-order valence-electron chi connectivity index (χ1n) is 8.84. The fraction of sp³-hybridized carbons (Fsp3) is 0.238. The van der Waals surface area contributed by atoms with Crippen LogP contribution in [-0.2, 0) is 17.5 Å². The lowest BCUT2D eigenvalue weighted by Crippen LogP contribution is -2.09. The molecule has 0 fully saturated rings. The van der Waals surface area contributed by atoms with Crippen molar-refractivity contribution in [3.05, 3.63) is 53.6 Å². The van der Waals surface area contributed by atoms with Gasteiger partial charge in [-0.05, 0) is 31.2 Å². The highest BCUT2D eigenvalue weighted by Crippen LogP contribution is 2.38. The fourth-order valence-electron chi connectivity index (χ4n) is 3.26. The van der Waals surface area contributed by atoms with Crippen molar-refractivity contribution in [3.63, 3.8) is 0 Å². The average molecular weight is 385 g/mol. The van der Waals surface area contributed by atoms with E-state index in [0.29, 0.717) is 46.4 Å². The van der Waals surface area contributed by atoms with Crippen LogP contribution >= 0.6 is 0 Å². The van der Waals surface area contributed by atoms with Crippen molar-refractivity contribution in [2.45, 2.75) is 33.0 Å². The zero-order valence-electron chi connectivity index (χ0n) is 15.4. The number of hydrogen-bond acceptors (Lipinski definition) is 2. The number of hydrogen-bond donors (Lipinski definition) is 1. The Bertz CT molecular complexity index is 1090. The first-order valence-corrected chi connectivity index (χ1v) is 8.84. The van der Waals surface area contributed by atoms with E-state index >= 15 is 0 Å². The Labute approximate surface area is 160 Å². The molecule has 3 rings (SSSR count). The highest BCUT2D eigenvalue weighted by molar-refractivity contribution is 5.96. The van der Waals surface area contributed by atoms with Crippen molar-refractivity contribution < 1.29 is 18.0 Å². The van der Waals surface area contributed by atoms with Crippen molar-refractivity contribution >= 4 is 22.5 Å². The number of alkyl halides is 3. The smallest absolute Gasteiger partial charge is 0.340 e. The summed E-state index contributed by atoms with van der Waals surface area (Å²) in [5, 5.41) is 12.9. The van der Waals surface area contributed by atoms with Gasteiger partial charge in [0.2, 0.25) is 5.91 Å². The van der Waals surface area contributed by atoms with E-state index in [0.717, 1.165) is 12.1 Å². The number of aromatic nitrogens is 1. The van der Waals surface area contributed by atoms with Gasteiger partial charge in [-0.25, -0.2) is 0 Å². The molecule has 3 aromatic rings. The van der Waals surface area contributed by atoms with Gasteiger partial charge in [0.1, 0.15) is 6.07 Å². The Kier molecular flexibility index (Phi) is 5.14. The van der Waals surface area contributed by atoms with Gasteiger partial charge in [0, 0.05) is 29.6 Å². The molecule has 1 aromatic heterocycles. The molecule has 1 N–H and O–H groups in total. The van der Waals surface area contributed by atoms with Crippen LogP contribution in [0.4, 0.5) is 18.9 Å². The third-order valence-corrected chi connectivity index (χ3v) is 4.56. The van der Waals surface area contributed by atoms with Crippen LogP contribution in [-0.4, -0.2) is 10.5 Å². The summed E-state index contributed by atoms with van der Waals surface area (Å²) in [4.78, 5) is 11.7. The average Bonchev–Trinajstić information content (AvgIpc) is 3.00. The van der Waals surface area contributed by atoms with E-state index in [9.17, 15) is 23.2 Å². The highest BCUT2D eigenvalue weighted by atomic mass is 19.4. The molecule has 0 unspecified atom stereocenters. The predicted molar refractivity (Wildman–Crippen MR) is 102 cm³/mol. The first kappa shape index (κ1) is 19.5. The second-order valence-corrected chi connectivity index (χ2v) is 6.29. The molecule has 0 saturated carbocycles. The maximum atomic E-state index is 13.2. The minimum Gasteiger partial charge on any atom is -0.340 e. The second-order valence-electron chi connectivity index (χ2n) is 6.29. The monoisotopic (exact) mass is 385 g/mol. The van der Waals surface area contributed by atoms with Gasteiger partial charge in [-0.15, -0.1) is 0 Å².